The molecule has 0 saturated carbocycles. The Labute approximate surface area is 108 Å². The van der Waals surface area contributed by atoms with Crippen LogP contribution < -0.4 is 10.5 Å². The zero-order valence-corrected chi connectivity index (χ0v) is 10.4. The molecule has 0 saturated heterocycles. The summed E-state index contributed by atoms with van der Waals surface area (Å²) in [5.41, 5.74) is 6.59. The van der Waals surface area contributed by atoms with Crippen LogP contribution in [0.5, 0.6) is 5.75 Å². The fourth-order valence-electron chi connectivity index (χ4n) is 1.63. The number of aromatic nitrogens is 3. The highest BCUT2D eigenvalue weighted by Crippen LogP contribution is 2.15. The lowest BCUT2D eigenvalue weighted by molar-refractivity contribution is 0.296. The summed E-state index contributed by atoms with van der Waals surface area (Å²) in [4.78, 5) is 5.24. The number of para-hydroxylation sites is 1. The highest BCUT2D eigenvalue weighted by Gasteiger charge is 2.09. The van der Waals surface area contributed by atoms with Crippen LogP contribution in [0.4, 0.5) is 0 Å². The molecule has 0 radical (unpaired) electrons. The smallest absolute Gasteiger partial charge is 0.212 e. The van der Waals surface area contributed by atoms with Gasteiger partial charge in [-0.1, -0.05) is 18.2 Å². The summed E-state index contributed by atoms with van der Waals surface area (Å²) >= 11 is 1.53. The number of fused-ring (bicyclic) bond motifs is 1. The van der Waals surface area contributed by atoms with Crippen molar-refractivity contribution in [2.24, 2.45) is 5.73 Å². The van der Waals surface area contributed by atoms with E-state index < -0.39 is 0 Å². The summed E-state index contributed by atoms with van der Waals surface area (Å²) in [7, 11) is 0. The number of hydrogen-bond donors (Lipinski definition) is 1. The summed E-state index contributed by atoms with van der Waals surface area (Å²) < 4.78 is 7.37. The molecule has 6 heteroatoms. The molecule has 0 aliphatic heterocycles. The Balaban J connectivity index is 1.77. The van der Waals surface area contributed by atoms with Crippen molar-refractivity contribution in [3.63, 3.8) is 0 Å². The summed E-state index contributed by atoms with van der Waals surface area (Å²) in [5, 5.41) is 6.34. The number of nitrogens with zero attached hydrogens (tertiary/aromatic N) is 3. The van der Waals surface area contributed by atoms with Gasteiger partial charge in [0, 0.05) is 11.9 Å². The van der Waals surface area contributed by atoms with Crippen LogP contribution in [-0.4, -0.2) is 14.6 Å². The lowest BCUT2D eigenvalue weighted by atomic mass is 10.3. The molecule has 0 amide bonds. The van der Waals surface area contributed by atoms with E-state index in [2.05, 4.69) is 10.1 Å². The van der Waals surface area contributed by atoms with Gasteiger partial charge >= 0.3 is 0 Å². The lowest BCUT2D eigenvalue weighted by Gasteiger charge is -2.01. The van der Waals surface area contributed by atoms with Crippen LogP contribution in [0.1, 0.15) is 11.5 Å². The van der Waals surface area contributed by atoms with Crippen LogP contribution in [0.15, 0.2) is 35.7 Å². The van der Waals surface area contributed by atoms with Gasteiger partial charge in [0.2, 0.25) is 4.96 Å². The van der Waals surface area contributed by atoms with E-state index in [-0.39, 0.29) is 0 Å². The molecule has 5 nitrogen and oxygen atoms in total. The van der Waals surface area contributed by atoms with Crippen molar-refractivity contribution in [3.8, 4) is 5.75 Å². The molecule has 0 spiro atoms. The summed E-state index contributed by atoms with van der Waals surface area (Å²) in [5.74, 6) is 1.48. The number of rotatable bonds is 4. The zero-order chi connectivity index (χ0) is 12.4. The van der Waals surface area contributed by atoms with E-state index in [0.717, 1.165) is 16.4 Å². The Bertz CT molecular complexity index is 646. The Morgan fingerprint density at radius 1 is 1.28 bits per heavy atom. The molecule has 18 heavy (non-hydrogen) atoms. The van der Waals surface area contributed by atoms with Gasteiger partial charge in [-0.3, -0.25) is 0 Å². The largest absolute Gasteiger partial charge is 0.486 e. The van der Waals surface area contributed by atoms with E-state index in [0.29, 0.717) is 19.0 Å². The first-order valence-electron chi connectivity index (χ1n) is 5.57. The van der Waals surface area contributed by atoms with Crippen LogP contribution in [0.2, 0.25) is 0 Å². The number of benzene rings is 1. The van der Waals surface area contributed by atoms with Crippen molar-refractivity contribution in [1.82, 2.24) is 14.6 Å². The van der Waals surface area contributed by atoms with E-state index in [1.54, 1.807) is 4.52 Å². The molecule has 3 rings (SSSR count). The molecule has 0 aliphatic carbocycles. The van der Waals surface area contributed by atoms with Gasteiger partial charge in [-0.2, -0.15) is 4.98 Å². The topological polar surface area (TPSA) is 65.4 Å². The minimum atomic E-state index is 0.364. The average Bonchev–Trinajstić information content (AvgIpc) is 2.97. The fraction of sp³-hybridized carbons (Fsp3) is 0.167. The molecule has 92 valence electrons. The van der Waals surface area contributed by atoms with Gasteiger partial charge in [-0.05, 0) is 12.1 Å². The van der Waals surface area contributed by atoms with Crippen LogP contribution >= 0.6 is 11.3 Å². The maximum atomic E-state index is 5.62. The molecular formula is C12H12N4OS. The maximum Gasteiger partial charge on any atom is 0.212 e. The van der Waals surface area contributed by atoms with Crippen molar-refractivity contribution in [2.75, 3.05) is 0 Å². The second-order valence-corrected chi connectivity index (χ2v) is 4.59. The molecule has 2 N–H and O–H groups in total. The number of hydrogen-bond acceptors (Lipinski definition) is 5. The molecule has 0 atom stereocenters. The van der Waals surface area contributed by atoms with E-state index in [4.69, 9.17) is 10.5 Å². The van der Waals surface area contributed by atoms with Crippen LogP contribution in [0.3, 0.4) is 0 Å². The molecule has 2 heterocycles. The van der Waals surface area contributed by atoms with Gasteiger partial charge in [0.1, 0.15) is 12.4 Å². The third kappa shape index (κ3) is 2.07. The maximum absolute atomic E-state index is 5.62. The second kappa shape index (κ2) is 4.75. The normalized spacial score (nSPS) is 10.9. The third-order valence-electron chi connectivity index (χ3n) is 2.51. The number of nitrogens with two attached hydrogens (primary N) is 1. The highest BCUT2D eigenvalue weighted by atomic mass is 32.1. The zero-order valence-electron chi connectivity index (χ0n) is 9.61. The van der Waals surface area contributed by atoms with Crippen LogP contribution in [0.25, 0.3) is 4.96 Å². The standard InChI is InChI=1S/C12H12N4OS/c13-6-9-8-18-12-14-11(15-16(9)12)7-17-10-4-2-1-3-5-10/h1-5,8H,6-7,13H2. The quantitative estimate of drug-likeness (QED) is 0.777. The summed E-state index contributed by atoms with van der Waals surface area (Å²) in [6.07, 6.45) is 0. The highest BCUT2D eigenvalue weighted by molar-refractivity contribution is 7.15. The molecule has 1 aromatic carbocycles. The third-order valence-corrected chi connectivity index (χ3v) is 3.38. The second-order valence-electron chi connectivity index (χ2n) is 3.76. The van der Waals surface area contributed by atoms with E-state index >= 15 is 0 Å². The summed E-state index contributed by atoms with van der Waals surface area (Å²) in [6.45, 7) is 0.824. The average molecular weight is 260 g/mol. The molecule has 0 bridgehead atoms. The first-order chi connectivity index (χ1) is 8.86. The van der Waals surface area contributed by atoms with Gasteiger partial charge in [0.05, 0.1) is 5.69 Å². The number of thiazole rings is 1. The van der Waals surface area contributed by atoms with E-state index in [1.165, 1.54) is 11.3 Å². The van der Waals surface area contributed by atoms with Gasteiger partial charge in [0.25, 0.3) is 0 Å². The van der Waals surface area contributed by atoms with Crippen LogP contribution in [-0.2, 0) is 13.2 Å². The van der Waals surface area contributed by atoms with E-state index in [1.807, 2.05) is 35.7 Å². The Hall–Kier alpha value is -1.92. The fourth-order valence-corrected chi connectivity index (χ4v) is 2.49. The van der Waals surface area contributed by atoms with Crippen molar-refractivity contribution < 1.29 is 4.74 Å². The van der Waals surface area contributed by atoms with E-state index in [9.17, 15) is 0 Å². The van der Waals surface area contributed by atoms with Gasteiger partial charge in [0.15, 0.2) is 5.82 Å². The van der Waals surface area contributed by atoms with Crippen molar-refractivity contribution in [3.05, 3.63) is 47.2 Å². The number of ether oxygens (including phenoxy) is 1. The Kier molecular flexibility index (Phi) is 2.95. The Morgan fingerprint density at radius 3 is 2.89 bits per heavy atom. The predicted molar refractivity (Wildman–Crippen MR) is 69.5 cm³/mol. The molecule has 2 aromatic heterocycles. The van der Waals surface area contributed by atoms with Crippen molar-refractivity contribution in [1.29, 1.82) is 0 Å². The SMILES string of the molecule is NCc1csc2nc(COc3ccccc3)nn12. The first kappa shape index (κ1) is 11.2. The first-order valence-corrected chi connectivity index (χ1v) is 6.45. The Morgan fingerprint density at radius 2 is 2.11 bits per heavy atom. The minimum absolute atomic E-state index is 0.364. The lowest BCUT2D eigenvalue weighted by Crippen LogP contribution is -2.02. The van der Waals surface area contributed by atoms with Gasteiger partial charge in [-0.25, -0.2) is 4.52 Å². The molecule has 0 aliphatic rings. The molecule has 0 unspecified atom stereocenters. The van der Waals surface area contributed by atoms with Gasteiger partial charge < -0.3 is 10.5 Å². The predicted octanol–water partition coefficient (Wildman–Crippen LogP) is 1.83. The van der Waals surface area contributed by atoms with Crippen LogP contribution in [0, 0.1) is 0 Å². The minimum Gasteiger partial charge on any atom is -0.486 e. The van der Waals surface area contributed by atoms with Crippen molar-refractivity contribution in [2.45, 2.75) is 13.2 Å². The molecular weight excluding hydrogens is 248 g/mol. The van der Waals surface area contributed by atoms with Gasteiger partial charge in [-0.15, -0.1) is 16.4 Å². The van der Waals surface area contributed by atoms with Crippen molar-refractivity contribution >= 4 is 16.3 Å². The summed E-state index contributed by atoms with van der Waals surface area (Å²) in [6, 6.07) is 9.63. The monoisotopic (exact) mass is 260 g/mol. The molecule has 3 aromatic rings. The molecule has 0 fully saturated rings.